The van der Waals surface area contributed by atoms with E-state index in [2.05, 4.69) is 5.10 Å². The maximum absolute atomic E-state index is 12.1. The van der Waals surface area contributed by atoms with Gasteiger partial charge >= 0.3 is 0 Å². The average Bonchev–Trinajstić information content (AvgIpc) is 2.52. The molecule has 4 nitrogen and oxygen atoms in total. The van der Waals surface area contributed by atoms with Crippen LogP contribution in [0.5, 0.6) is 0 Å². The monoisotopic (exact) mass is 379 g/mol. The molecule has 0 aliphatic rings. The Morgan fingerprint density at radius 3 is 2.38 bits per heavy atom. The zero-order chi connectivity index (χ0) is 17.3. The van der Waals surface area contributed by atoms with Gasteiger partial charge < -0.3 is 5.73 Å². The van der Waals surface area contributed by atoms with Crippen molar-refractivity contribution in [3.05, 3.63) is 85.2 Å². The zero-order valence-electron chi connectivity index (χ0n) is 12.3. The van der Waals surface area contributed by atoms with Crippen LogP contribution in [0.2, 0.25) is 15.1 Å². The molecular weight excluding hydrogens is 369 g/mol. The Hall–Kier alpha value is -2.01. The topological polar surface area (TPSA) is 60.9 Å². The van der Waals surface area contributed by atoms with Crippen molar-refractivity contribution in [3.63, 3.8) is 0 Å². The Kier molecular flexibility index (Phi) is 4.81. The first-order chi connectivity index (χ1) is 11.4. The summed E-state index contributed by atoms with van der Waals surface area (Å²) in [7, 11) is 0. The van der Waals surface area contributed by atoms with Gasteiger partial charge in [0.15, 0.2) is 0 Å². The van der Waals surface area contributed by atoms with E-state index in [1.54, 1.807) is 42.5 Å². The molecule has 0 unspecified atom stereocenters. The van der Waals surface area contributed by atoms with Gasteiger partial charge in [0.05, 0.1) is 11.4 Å². The van der Waals surface area contributed by atoms with Crippen molar-refractivity contribution in [1.82, 2.24) is 9.78 Å². The summed E-state index contributed by atoms with van der Waals surface area (Å²) in [6, 6.07) is 13.3. The molecule has 24 heavy (non-hydrogen) atoms. The molecule has 0 spiro atoms. The van der Waals surface area contributed by atoms with Crippen molar-refractivity contribution in [3.8, 4) is 5.69 Å². The third-order valence-electron chi connectivity index (χ3n) is 3.43. The van der Waals surface area contributed by atoms with E-state index in [1.807, 2.05) is 0 Å². The number of anilines is 1. The normalized spacial score (nSPS) is 10.8. The van der Waals surface area contributed by atoms with Crippen LogP contribution in [0.1, 0.15) is 11.3 Å². The van der Waals surface area contributed by atoms with Gasteiger partial charge in [-0.05, 0) is 42.0 Å². The third kappa shape index (κ3) is 3.56. The second-order valence-electron chi connectivity index (χ2n) is 5.19. The highest BCUT2D eigenvalue weighted by Gasteiger charge is 2.11. The molecule has 0 saturated heterocycles. The Morgan fingerprint density at radius 1 is 1.00 bits per heavy atom. The summed E-state index contributed by atoms with van der Waals surface area (Å²) in [4.78, 5) is 12.1. The molecule has 3 rings (SSSR count). The molecule has 3 aromatic rings. The largest absolute Gasteiger partial charge is 0.399 e. The predicted molar refractivity (Wildman–Crippen MR) is 98.5 cm³/mol. The molecule has 0 saturated carbocycles. The van der Waals surface area contributed by atoms with E-state index in [4.69, 9.17) is 40.5 Å². The van der Waals surface area contributed by atoms with Crippen LogP contribution in [0.25, 0.3) is 5.69 Å². The van der Waals surface area contributed by atoms with Crippen molar-refractivity contribution in [2.75, 3.05) is 5.73 Å². The molecule has 0 atom stereocenters. The molecule has 0 bridgehead atoms. The third-order valence-corrected chi connectivity index (χ3v) is 4.34. The summed E-state index contributed by atoms with van der Waals surface area (Å²) in [5, 5.41) is 5.83. The molecule has 7 heteroatoms. The van der Waals surface area contributed by atoms with Crippen molar-refractivity contribution >= 4 is 40.5 Å². The minimum Gasteiger partial charge on any atom is -0.399 e. The summed E-state index contributed by atoms with van der Waals surface area (Å²) in [6.07, 6.45) is 0.374. The fourth-order valence-electron chi connectivity index (χ4n) is 2.31. The van der Waals surface area contributed by atoms with Crippen LogP contribution in [0.3, 0.4) is 0 Å². The highest BCUT2D eigenvalue weighted by Crippen LogP contribution is 2.29. The number of nitrogen functional groups attached to an aromatic ring is 1. The highest BCUT2D eigenvalue weighted by atomic mass is 35.5. The first kappa shape index (κ1) is 16.8. The first-order valence-electron chi connectivity index (χ1n) is 7.02. The van der Waals surface area contributed by atoms with Crippen LogP contribution in [0, 0.1) is 0 Å². The molecule has 0 aliphatic carbocycles. The van der Waals surface area contributed by atoms with Gasteiger partial charge in [-0.1, -0.05) is 40.9 Å². The maximum atomic E-state index is 12.1. The lowest BCUT2D eigenvalue weighted by Crippen LogP contribution is -2.21. The quantitative estimate of drug-likeness (QED) is 0.687. The summed E-state index contributed by atoms with van der Waals surface area (Å²) >= 11 is 18.4. The molecule has 122 valence electrons. The van der Waals surface area contributed by atoms with Gasteiger partial charge in [0, 0.05) is 33.2 Å². The zero-order valence-corrected chi connectivity index (χ0v) is 14.6. The number of halogens is 3. The molecule has 0 fully saturated rings. The fraction of sp³-hybridized carbons (Fsp3) is 0.0588. The standard InChI is InChI=1S/C17H12Cl3N3O/c18-10-2-1-3-13(6-10)23-17(24)5-4-12(22-23)9-14-15(19)7-11(21)8-16(14)20/h1-8H,9,21H2. The SMILES string of the molecule is Nc1cc(Cl)c(Cc2ccc(=O)n(-c3cccc(Cl)c3)n2)c(Cl)c1. The van der Waals surface area contributed by atoms with Crippen molar-refractivity contribution in [2.45, 2.75) is 6.42 Å². The number of hydrogen-bond donors (Lipinski definition) is 1. The minimum absolute atomic E-state index is 0.254. The van der Waals surface area contributed by atoms with E-state index < -0.39 is 0 Å². The van der Waals surface area contributed by atoms with Gasteiger partial charge in [-0.25, -0.2) is 0 Å². The second kappa shape index (κ2) is 6.85. The molecule has 0 aliphatic heterocycles. The van der Waals surface area contributed by atoms with Crippen LogP contribution in [0.4, 0.5) is 5.69 Å². The first-order valence-corrected chi connectivity index (χ1v) is 8.16. The van der Waals surface area contributed by atoms with Gasteiger partial charge in [-0.15, -0.1) is 0 Å². The fourth-order valence-corrected chi connectivity index (χ4v) is 3.13. The number of rotatable bonds is 3. The number of nitrogens with zero attached hydrogens (tertiary/aromatic N) is 2. The molecular formula is C17H12Cl3N3O. The van der Waals surface area contributed by atoms with Crippen LogP contribution < -0.4 is 11.3 Å². The highest BCUT2D eigenvalue weighted by molar-refractivity contribution is 6.36. The van der Waals surface area contributed by atoms with Crippen LogP contribution in [0.15, 0.2) is 53.3 Å². The number of aromatic nitrogens is 2. The summed E-state index contributed by atoms with van der Waals surface area (Å²) in [6.45, 7) is 0. The van der Waals surface area contributed by atoms with Crippen molar-refractivity contribution in [1.29, 1.82) is 0 Å². The Labute approximate surface area is 153 Å². The van der Waals surface area contributed by atoms with Gasteiger partial charge in [-0.2, -0.15) is 9.78 Å². The maximum Gasteiger partial charge on any atom is 0.271 e. The van der Waals surface area contributed by atoms with E-state index in [-0.39, 0.29) is 5.56 Å². The van der Waals surface area contributed by atoms with E-state index in [9.17, 15) is 4.79 Å². The lowest BCUT2D eigenvalue weighted by molar-refractivity contribution is 0.771. The molecule has 1 heterocycles. The van der Waals surface area contributed by atoms with E-state index in [1.165, 1.54) is 10.7 Å². The molecule has 1 aromatic heterocycles. The number of benzene rings is 2. The van der Waals surface area contributed by atoms with E-state index >= 15 is 0 Å². The molecule has 2 N–H and O–H groups in total. The van der Waals surface area contributed by atoms with Gasteiger partial charge in [-0.3, -0.25) is 4.79 Å². The summed E-state index contributed by atoms with van der Waals surface area (Å²) in [5.41, 5.74) is 7.88. The summed E-state index contributed by atoms with van der Waals surface area (Å²) in [5.74, 6) is 0. The lowest BCUT2D eigenvalue weighted by Gasteiger charge is -2.10. The molecule has 0 amide bonds. The minimum atomic E-state index is -0.254. The van der Waals surface area contributed by atoms with Crippen LogP contribution >= 0.6 is 34.8 Å². The molecule has 2 aromatic carbocycles. The van der Waals surface area contributed by atoms with Crippen LogP contribution in [-0.4, -0.2) is 9.78 Å². The van der Waals surface area contributed by atoms with Gasteiger partial charge in [0.2, 0.25) is 0 Å². The predicted octanol–water partition coefficient (Wildman–Crippen LogP) is 4.37. The van der Waals surface area contributed by atoms with Crippen molar-refractivity contribution < 1.29 is 0 Å². The second-order valence-corrected chi connectivity index (χ2v) is 6.45. The lowest BCUT2D eigenvalue weighted by atomic mass is 10.1. The smallest absolute Gasteiger partial charge is 0.271 e. The van der Waals surface area contributed by atoms with Gasteiger partial charge in [0.25, 0.3) is 5.56 Å². The Balaban J connectivity index is 2.02. The van der Waals surface area contributed by atoms with Crippen molar-refractivity contribution in [2.24, 2.45) is 0 Å². The summed E-state index contributed by atoms with van der Waals surface area (Å²) < 4.78 is 1.29. The van der Waals surface area contributed by atoms with Gasteiger partial charge in [0.1, 0.15) is 0 Å². The van der Waals surface area contributed by atoms with E-state index in [0.717, 1.165) is 0 Å². The number of nitrogens with two attached hydrogens (primary N) is 1. The van der Waals surface area contributed by atoms with Crippen LogP contribution in [-0.2, 0) is 6.42 Å². The Bertz CT molecular complexity index is 946. The van der Waals surface area contributed by atoms with E-state index in [0.29, 0.717) is 44.1 Å². The Morgan fingerprint density at radius 2 is 1.71 bits per heavy atom. The average molecular weight is 381 g/mol. The number of hydrogen-bond acceptors (Lipinski definition) is 3. The molecule has 0 radical (unpaired) electrons.